The van der Waals surface area contributed by atoms with Gasteiger partial charge in [-0.2, -0.15) is 0 Å². The minimum atomic E-state index is -0.807. The van der Waals surface area contributed by atoms with E-state index in [1.807, 2.05) is 11.8 Å². The Morgan fingerprint density at radius 2 is 2.32 bits per heavy atom. The van der Waals surface area contributed by atoms with Crippen LogP contribution in [0.5, 0.6) is 0 Å². The number of carboxylic acids is 1. The zero-order valence-electron chi connectivity index (χ0n) is 10.6. The minimum Gasteiger partial charge on any atom is -0.480 e. The molecule has 1 aliphatic rings. The van der Waals surface area contributed by atoms with Crippen LogP contribution in [0.15, 0.2) is 12.7 Å². The molecule has 2 N–H and O–H groups in total. The van der Waals surface area contributed by atoms with E-state index in [2.05, 4.69) is 19.9 Å². The first-order valence-corrected chi connectivity index (χ1v) is 6.32. The Labute approximate surface area is 109 Å². The number of aromatic nitrogens is 4. The van der Waals surface area contributed by atoms with Crippen molar-refractivity contribution in [2.75, 3.05) is 11.4 Å². The average molecular weight is 261 g/mol. The Morgan fingerprint density at radius 3 is 3.11 bits per heavy atom. The number of imidazole rings is 1. The summed E-state index contributed by atoms with van der Waals surface area (Å²) in [5.41, 5.74) is 1.26. The molecule has 2 aromatic rings. The number of hydrogen-bond donors (Lipinski definition) is 2. The summed E-state index contributed by atoms with van der Waals surface area (Å²) in [7, 11) is 0. The second-order valence-corrected chi connectivity index (χ2v) is 4.89. The molecule has 1 saturated heterocycles. The van der Waals surface area contributed by atoms with Gasteiger partial charge >= 0.3 is 5.97 Å². The van der Waals surface area contributed by atoms with Crippen molar-refractivity contribution in [3.8, 4) is 0 Å². The summed E-state index contributed by atoms with van der Waals surface area (Å²) in [4.78, 5) is 28.7. The molecule has 1 aliphatic heterocycles. The second kappa shape index (κ2) is 4.49. The molecule has 0 aliphatic carbocycles. The standard InChI is InChI=1S/C12H15N5O2/c1-7-3-2-4-17(9(7)12(18)19)11-8-10(14-5-13-8)15-6-16-11/h5-7,9H,2-4H2,1H3,(H,18,19)(H,13,14,15,16). The Kier molecular flexibility index (Phi) is 2.81. The summed E-state index contributed by atoms with van der Waals surface area (Å²) >= 11 is 0. The van der Waals surface area contributed by atoms with Gasteiger partial charge in [0.2, 0.25) is 0 Å². The van der Waals surface area contributed by atoms with Gasteiger partial charge in [-0.25, -0.2) is 19.7 Å². The van der Waals surface area contributed by atoms with Crippen LogP contribution in [0.3, 0.4) is 0 Å². The van der Waals surface area contributed by atoms with Crippen molar-refractivity contribution in [3.63, 3.8) is 0 Å². The molecule has 3 heterocycles. The maximum absolute atomic E-state index is 11.5. The summed E-state index contributed by atoms with van der Waals surface area (Å²) < 4.78 is 0. The maximum Gasteiger partial charge on any atom is 0.326 e. The predicted molar refractivity (Wildman–Crippen MR) is 68.9 cm³/mol. The number of piperidine rings is 1. The summed E-state index contributed by atoms with van der Waals surface area (Å²) in [6, 6.07) is -0.546. The highest BCUT2D eigenvalue weighted by atomic mass is 16.4. The largest absolute Gasteiger partial charge is 0.480 e. The molecular formula is C12H15N5O2. The van der Waals surface area contributed by atoms with Gasteiger partial charge in [-0.15, -0.1) is 0 Å². The van der Waals surface area contributed by atoms with Crippen LogP contribution in [0.2, 0.25) is 0 Å². The van der Waals surface area contributed by atoms with Crippen molar-refractivity contribution in [3.05, 3.63) is 12.7 Å². The molecule has 3 rings (SSSR count). The highest BCUT2D eigenvalue weighted by Crippen LogP contribution is 2.30. The Balaban J connectivity index is 2.08. The monoisotopic (exact) mass is 261 g/mol. The summed E-state index contributed by atoms with van der Waals surface area (Å²) in [6.07, 6.45) is 4.86. The van der Waals surface area contributed by atoms with E-state index < -0.39 is 12.0 Å². The van der Waals surface area contributed by atoms with Gasteiger partial charge < -0.3 is 15.0 Å². The number of carbonyl (C=O) groups is 1. The molecular weight excluding hydrogens is 246 g/mol. The summed E-state index contributed by atoms with van der Waals surface area (Å²) in [6.45, 7) is 2.66. The molecule has 0 radical (unpaired) electrons. The maximum atomic E-state index is 11.5. The number of H-pyrrole nitrogens is 1. The van der Waals surface area contributed by atoms with Crippen LogP contribution in [0, 0.1) is 5.92 Å². The van der Waals surface area contributed by atoms with E-state index in [1.165, 1.54) is 6.33 Å². The molecule has 0 aromatic carbocycles. The van der Waals surface area contributed by atoms with Crippen LogP contribution >= 0.6 is 0 Å². The van der Waals surface area contributed by atoms with E-state index in [-0.39, 0.29) is 5.92 Å². The molecule has 100 valence electrons. The lowest BCUT2D eigenvalue weighted by Crippen LogP contribution is -2.49. The molecule has 7 heteroatoms. The normalized spacial score (nSPS) is 23.7. The van der Waals surface area contributed by atoms with Crippen molar-refractivity contribution in [1.82, 2.24) is 19.9 Å². The highest BCUT2D eigenvalue weighted by molar-refractivity contribution is 5.87. The van der Waals surface area contributed by atoms with Gasteiger partial charge in [0.05, 0.1) is 6.33 Å². The number of aromatic amines is 1. The van der Waals surface area contributed by atoms with E-state index in [0.717, 1.165) is 12.8 Å². The third-order valence-corrected chi connectivity index (χ3v) is 3.66. The number of anilines is 1. The number of hydrogen-bond acceptors (Lipinski definition) is 5. The van der Waals surface area contributed by atoms with Crippen molar-refractivity contribution in [1.29, 1.82) is 0 Å². The number of aliphatic carboxylic acids is 1. The van der Waals surface area contributed by atoms with Gasteiger partial charge in [0.15, 0.2) is 11.5 Å². The Bertz CT molecular complexity index is 611. The van der Waals surface area contributed by atoms with Crippen LogP contribution in [-0.4, -0.2) is 43.6 Å². The van der Waals surface area contributed by atoms with Crippen molar-refractivity contribution >= 4 is 23.0 Å². The smallest absolute Gasteiger partial charge is 0.326 e. The second-order valence-electron chi connectivity index (χ2n) is 4.89. The Morgan fingerprint density at radius 1 is 1.47 bits per heavy atom. The van der Waals surface area contributed by atoms with E-state index in [4.69, 9.17) is 0 Å². The molecule has 2 atom stereocenters. The van der Waals surface area contributed by atoms with Gasteiger partial charge in [-0.05, 0) is 18.8 Å². The van der Waals surface area contributed by atoms with E-state index in [9.17, 15) is 9.90 Å². The van der Waals surface area contributed by atoms with Gasteiger partial charge in [-0.1, -0.05) is 6.92 Å². The van der Waals surface area contributed by atoms with E-state index in [0.29, 0.717) is 23.5 Å². The molecule has 1 fully saturated rings. The van der Waals surface area contributed by atoms with E-state index >= 15 is 0 Å². The quantitative estimate of drug-likeness (QED) is 0.838. The fraction of sp³-hybridized carbons (Fsp3) is 0.500. The first kappa shape index (κ1) is 11.9. The van der Waals surface area contributed by atoms with Crippen LogP contribution in [0.25, 0.3) is 11.2 Å². The third kappa shape index (κ3) is 1.91. The number of fused-ring (bicyclic) bond motifs is 1. The molecule has 0 bridgehead atoms. The molecule has 7 nitrogen and oxygen atoms in total. The van der Waals surface area contributed by atoms with Crippen molar-refractivity contribution in [2.45, 2.75) is 25.8 Å². The summed E-state index contributed by atoms with van der Waals surface area (Å²) in [5.74, 6) is -0.0842. The molecule has 0 spiro atoms. The van der Waals surface area contributed by atoms with Gasteiger partial charge in [0, 0.05) is 6.54 Å². The molecule has 2 aromatic heterocycles. The lowest BCUT2D eigenvalue weighted by Gasteiger charge is -2.38. The molecule has 0 amide bonds. The van der Waals surface area contributed by atoms with Gasteiger partial charge in [-0.3, -0.25) is 0 Å². The SMILES string of the molecule is CC1CCCN(c2ncnc3nc[nH]c23)C1C(=O)O. The number of nitrogens with one attached hydrogen (secondary N) is 1. The third-order valence-electron chi connectivity index (χ3n) is 3.66. The first-order chi connectivity index (χ1) is 9.18. The van der Waals surface area contributed by atoms with Gasteiger partial charge in [0.25, 0.3) is 0 Å². The van der Waals surface area contributed by atoms with Crippen LogP contribution in [-0.2, 0) is 4.79 Å². The zero-order chi connectivity index (χ0) is 13.4. The average Bonchev–Trinajstić information content (AvgIpc) is 2.85. The van der Waals surface area contributed by atoms with Crippen LogP contribution in [0.4, 0.5) is 5.82 Å². The number of rotatable bonds is 2. The first-order valence-electron chi connectivity index (χ1n) is 6.32. The zero-order valence-corrected chi connectivity index (χ0v) is 10.6. The van der Waals surface area contributed by atoms with Crippen LogP contribution < -0.4 is 4.90 Å². The predicted octanol–water partition coefficient (Wildman–Crippen LogP) is 1.04. The lowest BCUT2D eigenvalue weighted by molar-refractivity contribution is -0.140. The fourth-order valence-electron chi connectivity index (χ4n) is 2.77. The molecule has 0 saturated carbocycles. The fourth-order valence-corrected chi connectivity index (χ4v) is 2.77. The van der Waals surface area contributed by atoms with Crippen molar-refractivity contribution in [2.24, 2.45) is 5.92 Å². The van der Waals surface area contributed by atoms with Crippen molar-refractivity contribution < 1.29 is 9.90 Å². The van der Waals surface area contributed by atoms with E-state index in [1.54, 1.807) is 6.33 Å². The van der Waals surface area contributed by atoms with Crippen LogP contribution in [0.1, 0.15) is 19.8 Å². The highest BCUT2D eigenvalue weighted by Gasteiger charge is 2.36. The number of carboxylic acid groups (broad SMARTS) is 1. The number of nitrogens with zero attached hydrogens (tertiary/aromatic N) is 4. The summed E-state index contributed by atoms with van der Waals surface area (Å²) in [5, 5.41) is 9.45. The molecule has 19 heavy (non-hydrogen) atoms. The topological polar surface area (TPSA) is 95.0 Å². The van der Waals surface area contributed by atoms with Gasteiger partial charge in [0.1, 0.15) is 17.9 Å². The molecule has 2 unspecified atom stereocenters. The minimum absolute atomic E-state index is 0.0965. The Hall–Kier alpha value is -2.18. The lowest BCUT2D eigenvalue weighted by atomic mass is 9.91.